The lowest BCUT2D eigenvalue weighted by Gasteiger charge is -2.34. The number of benzene rings is 1. The summed E-state index contributed by atoms with van der Waals surface area (Å²) >= 11 is 0. The van der Waals surface area contributed by atoms with Crippen molar-refractivity contribution in [2.24, 2.45) is 0 Å². The van der Waals surface area contributed by atoms with Crippen LogP contribution < -0.4 is 5.46 Å². The summed E-state index contributed by atoms with van der Waals surface area (Å²) in [5, 5.41) is 11.4. The summed E-state index contributed by atoms with van der Waals surface area (Å²) in [7, 11) is -0.322. The lowest BCUT2D eigenvalue weighted by atomic mass is 9.78. The SMILES string of the molecule is CC1(C)OB(c2ccc3c(ccn3[C@H]3CC[C@@](C)(O)CC3)c2)OC1(C)C. The van der Waals surface area contributed by atoms with Gasteiger partial charge in [-0.05, 0) is 83.3 Å². The number of aliphatic hydroxyl groups is 1. The third-order valence-electron chi connectivity index (χ3n) is 6.70. The molecule has 1 saturated heterocycles. The molecule has 26 heavy (non-hydrogen) atoms. The van der Waals surface area contributed by atoms with Crippen LogP contribution in [0.4, 0.5) is 0 Å². The first-order valence-corrected chi connectivity index (χ1v) is 9.77. The molecule has 1 aliphatic carbocycles. The Bertz CT molecular complexity index is 798. The lowest BCUT2D eigenvalue weighted by Crippen LogP contribution is -2.41. The first-order valence-electron chi connectivity index (χ1n) is 9.77. The van der Waals surface area contributed by atoms with Crippen molar-refractivity contribution in [1.82, 2.24) is 4.57 Å². The van der Waals surface area contributed by atoms with E-state index >= 15 is 0 Å². The molecule has 1 aromatic carbocycles. The standard InChI is InChI=1S/C21H30BNO3/c1-19(2)20(3,4)26-22(25-19)16-6-7-18-15(14-16)10-13-23(18)17-8-11-21(5,24)12-9-17/h6-7,10,13-14,17,24H,8-9,11-12H2,1-5H3/t17-,21+. The highest BCUT2D eigenvalue weighted by Gasteiger charge is 2.51. The van der Waals surface area contributed by atoms with E-state index in [1.165, 1.54) is 10.9 Å². The maximum absolute atomic E-state index is 10.2. The summed E-state index contributed by atoms with van der Waals surface area (Å²) in [6.07, 6.45) is 5.96. The molecular formula is C21H30BNO3. The quantitative estimate of drug-likeness (QED) is 0.834. The summed E-state index contributed by atoms with van der Waals surface area (Å²) < 4.78 is 14.8. The molecule has 140 valence electrons. The average molecular weight is 355 g/mol. The zero-order valence-corrected chi connectivity index (χ0v) is 16.6. The number of nitrogens with zero attached hydrogens (tertiary/aromatic N) is 1. The number of fused-ring (bicyclic) bond motifs is 1. The average Bonchev–Trinajstić information content (AvgIpc) is 3.05. The van der Waals surface area contributed by atoms with Crippen molar-refractivity contribution in [3.63, 3.8) is 0 Å². The smallest absolute Gasteiger partial charge is 0.399 e. The van der Waals surface area contributed by atoms with E-state index in [4.69, 9.17) is 9.31 Å². The second-order valence-electron chi connectivity index (χ2n) is 9.36. The van der Waals surface area contributed by atoms with Crippen molar-refractivity contribution in [1.29, 1.82) is 0 Å². The molecule has 4 rings (SSSR count). The Morgan fingerprint density at radius 3 is 2.23 bits per heavy atom. The molecule has 1 N–H and O–H groups in total. The lowest BCUT2D eigenvalue weighted by molar-refractivity contribution is 0.00578. The molecule has 0 atom stereocenters. The van der Waals surface area contributed by atoms with Crippen LogP contribution in [0, 0.1) is 0 Å². The molecule has 0 bridgehead atoms. The monoisotopic (exact) mass is 355 g/mol. The van der Waals surface area contributed by atoms with Gasteiger partial charge in [-0.1, -0.05) is 12.1 Å². The highest BCUT2D eigenvalue weighted by atomic mass is 16.7. The van der Waals surface area contributed by atoms with Crippen LogP contribution in [0.3, 0.4) is 0 Å². The Morgan fingerprint density at radius 2 is 1.62 bits per heavy atom. The molecule has 2 heterocycles. The zero-order valence-electron chi connectivity index (χ0n) is 16.6. The van der Waals surface area contributed by atoms with Gasteiger partial charge in [0.1, 0.15) is 0 Å². The molecule has 1 saturated carbocycles. The van der Waals surface area contributed by atoms with Gasteiger partial charge in [-0.15, -0.1) is 0 Å². The van der Waals surface area contributed by atoms with Crippen molar-refractivity contribution in [3.05, 3.63) is 30.5 Å². The second kappa shape index (κ2) is 5.85. The second-order valence-corrected chi connectivity index (χ2v) is 9.36. The van der Waals surface area contributed by atoms with Gasteiger partial charge in [-0.3, -0.25) is 0 Å². The van der Waals surface area contributed by atoms with Crippen LogP contribution >= 0.6 is 0 Å². The van der Waals surface area contributed by atoms with Crippen molar-refractivity contribution >= 4 is 23.5 Å². The van der Waals surface area contributed by atoms with Gasteiger partial charge in [0, 0.05) is 17.8 Å². The topological polar surface area (TPSA) is 43.6 Å². The summed E-state index contributed by atoms with van der Waals surface area (Å²) in [6, 6.07) is 9.14. The third-order valence-corrected chi connectivity index (χ3v) is 6.70. The number of hydrogen-bond acceptors (Lipinski definition) is 3. The van der Waals surface area contributed by atoms with Crippen LogP contribution in [0.2, 0.25) is 0 Å². The Balaban J connectivity index is 1.59. The maximum atomic E-state index is 10.2. The molecule has 0 radical (unpaired) electrons. The largest absolute Gasteiger partial charge is 0.494 e. The molecule has 1 aliphatic heterocycles. The Hall–Kier alpha value is -1.30. The van der Waals surface area contributed by atoms with Crippen LogP contribution in [0.25, 0.3) is 10.9 Å². The van der Waals surface area contributed by atoms with Crippen LogP contribution in [-0.2, 0) is 9.31 Å². The molecule has 4 nitrogen and oxygen atoms in total. The van der Waals surface area contributed by atoms with Gasteiger partial charge in [0.2, 0.25) is 0 Å². The fraction of sp³-hybridized carbons (Fsp3) is 0.619. The molecule has 0 unspecified atom stereocenters. The van der Waals surface area contributed by atoms with E-state index in [9.17, 15) is 5.11 Å². The summed E-state index contributed by atoms with van der Waals surface area (Å²) in [5.74, 6) is 0. The molecular weight excluding hydrogens is 325 g/mol. The minimum absolute atomic E-state index is 0.322. The van der Waals surface area contributed by atoms with E-state index in [-0.39, 0.29) is 18.3 Å². The molecule has 0 spiro atoms. The Kier molecular flexibility index (Phi) is 4.07. The fourth-order valence-electron chi connectivity index (χ4n) is 4.13. The first kappa shape index (κ1) is 18.1. The van der Waals surface area contributed by atoms with E-state index < -0.39 is 5.60 Å². The highest BCUT2D eigenvalue weighted by molar-refractivity contribution is 6.62. The van der Waals surface area contributed by atoms with Gasteiger partial charge in [0.25, 0.3) is 0 Å². The minimum Gasteiger partial charge on any atom is -0.399 e. The van der Waals surface area contributed by atoms with E-state index in [0.29, 0.717) is 6.04 Å². The molecule has 0 amide bonds. The van der Waals surface area contributed by atoms with E-state index in [2.05, 4.69) is 62.7 Å². The van der Waals surface area contributed by atoms with Gasteiger partial charge < -0.3 is 19.0 Å². The Morgan fingerprint density at radius 1 is 1.00 bits per heavy atom. The summed E-state index contributed by atoms with van der Waals surface area (Å²) in [4.78, 5) is 0. The highest BCUT2D eigenvalue weighted by Crippen LogP contribution is 2.38. The molecule has 1 aromatic heterocycles. The maximum Gasteiger partial charge on any atom is 0.494 e. The van der Waals surface area contributed by atoms with Crippen molar-refractivity contribution in [2.45, 2.75) is 83.1 Å². The van der Waals surface area contributed by atoms with Gasteiger partial charge in [0.15, 0.2) is 0 Å². The minimum atomic E-state index is -0.497. The predicted octanol–water partition coefficient (Wildman–Crippen LogP) is 3.81. The predicted molar refractivity (Wildman–Crippen MR) is 106 cm³/mol. The number of aromatic nitrogens is 1. The van der Waals surface area contributed by atoms with Crippen LogP contribution in [0.5, 0.6) is 0 Å². The molecule has 2 fully saturated rings. The normalized spacial score (nSPS) is 30.8. The van der Waals surface area contributed by atoms with E-state index in [1.807, 2.05) is 6.92 Å². The fourth-order valence-corrected chi connectivity index (χ4v) is 4.13. The van der Waals surface area contributed by atoms with Crippen molar-refractivity contribution < 1.29 is 14.4 Å². The van der Waals surface area contributed by atoms with Crippen LogP contribution in [0.1, 0.15) is 66.3 Å². The van der Waals surface area contributed by atoms with E-state index in [0.717, 1.165) is 31.1 Å². The summed E-state index contributed by atoms with van der Waals surface area (Å²) in [5.41, 5.74) is 1.18. The molecule has 2 aromatic rings. The van der Waals surface area contributed by atoms with Gasteiger partial charge >= 0.3 is 7.12 Å². The zero-order chi connectivity index (χ0) is 18.7. The van der Waals surface area contributed by atoms with Crippen molar-refractivity contribution in [2.75, 3.05) is 0 Å². The van der Waals surface area contributed by atoms with Gasteiger partial charge in [-0.25, -0.2) is 0 Å². The number of rotatable bonds is 2. The van der Waals surface area contributed by atoms with Crippen LogP contribution in [-0.4, -0.2) is 33.6 Å². The van der Waals surface area contributed by atoms with Crippen LogP contribution in [0.15, 0.2) is 30.5 Å². The summed E-state index contributed by atoms with van der Waals surface area (Å²) in [6.45, 7) is 10.3. The third kappa shape index (κ3) is 3.00. The van der Waals surface area contributed by atoms with Crippen molar-refractivity contribution in [3.8, 4) is 0 Å². The Labute approximate surface area is 156 Å². The molecule has 2 aliphatic rings. The van der Waals surface area contributed by atoms with Gasteiger partial charge in [0.05, 0.1) is 16.8 Å². The van der Waals surface area contributed by atoms with E-state index in [1.54, 1.807) is 0 Å². The number of hydrogen-bond donors (Lipinski definition) is 1. The first-order chi connectivity index (χ1) is 12.1. The molecule has 5 heteroatoms. The van der Waals surface area contributed by atoms with Gasteiger partial charge in [-0.2, -0.15) is 0 Å².